The van der Waals surface area contributed by atoms with Crippen LogP contribution in [0.3, 0.4) is 0 Å². The molecule has 27 heavy (non-hydrogen) atoms. The molecule has 0 unspecified atom stereocenters. The van der Waals surface area contributed by atoms with Crippen LogP contribution in [-0.4, -0.2) is 27.0 Å². The van der Waals surface area contributed by atoms with Crippen LogP contribution < -0.4 is 19.6 Å². The Bertz CT molecular complexity index is 938. The molecular weight excluding hydrogens is 340 g/mol. The topological polar surface area (TPSA) is 52.1 Å². The maximum absolute atomic E-state index is 5.77. The highest BCUT2D eigenvalue weighted by molar-refractivity contribution is 6.02. The number of benzene rings is 3. The van der Waals surface area contributed by atoms with Crippen LogP contribution in [0.1, 0.15) is 18.1 Å². The highest BCUT2D eigenvalue weighted by Crippen LogP contribution is 2.28. The van der Waals surface area contributed by atoms with Gasteiger partial charge in [0.25, 0.3) is 0 Å². The lowest BCUT2D eigenvalue weighted by molar-refractivity contribution is 0.340. The molecule has 0 aliphatic carbocycles. The van der Waals surface area contributed by atoms with Crippen LogP contribution in [0.2, 0.25) is 0 Å². The first-order valence-corrected chi connectivity index (χ1v) is 8.88. The summed E-state index contributed by atoms with van der Waals surface area (Å²) < 4.78 is 16.4. The molecule has 3 aromatic carbocycles. The zero-order valence-electron chi connectivity index (χ0n) is 15.9. The van der Waals surface area contributed by atoms with Gasteiger partial charge >= 0.3 is 0 Å². The molecule has 0 saturated heterocycles. The molecule has 140 valence electrons. The Balaban J connectivity index is 1.77. The second kappa shape index (κ2) is 8.94. The van der Waals surface area contributed by atoms with Gasteiger partial charge in [-0.25, -0.2) is 0 Å². The van der Waals surface area contributed by atoms with E-state index in [4.69, 9.17) is 14.2 Å². The first-order chi connectivity index (χ1) is 13.3. The fraction of sp³-hybridized carbons (Fsp3) is 0.227. The molecule has 3 aromatic rings. The predicted octanol–water partition coefficient (Wildman–Crippen LogP) is 4.38. The number of fused-ring (bicyclic) bond motifs is 1. The largest absolute Gasteiger partial charge is 0.493 e. The number of hydrazone groups is 1. The fourth-order valence-electron chi connectivity index (χ4n) is 2.93. The third-order valence-corrected chi connectivity index (χ3v) is 4.25. The van der Waals surface area contributed by atoms with Crippen molar-refractivity contribution in [3.8, 4) is 17.2 Å². The SMILES string of the molecule is CCOc1ccc2ccccc2c1/C=N/NCc1ccc(OC)c(OC)c1. The summed E-state index contributed by atoms with van der Waals surface area (Å²) in [7, 11) is 3.25. The van der Waals surface area contributed by atoms with Crippen LogP contribution in [0.4, 0.5) is 0 Å². The highest BCUT2D eigenvalue weighted by Gasteiger charge is 2.07. The van der Waals surface area contributed by atoms with Crippen molar-refractivity contribution >= 4 is 17.0 Å². The van der Waals surface area contributed by atoms with Crippen LogP contribution in [-0.2, 0) is 6.54 Å². The van der Waals surface area contributed by atoms with E-state index in [2.05, 4.69) is 28.7 Å². The van der Waals surface area contributed by atoms with Crippen molar-refractivity contribution < 1.29 is 14.2 Å². The summed E-state index contributed by atoms with van der Waals surface area (Å²) in [6.45, 7) is 3.16. The molecule has 5 heteroatoms. The Morgan fingerprint density at radius 1 is 0.926 bits per heavy atom. The van der Waals surface area contributed by atoms with Crippen LogP contribution in [0.5, 0.6) is 17.2 Å². The molecule has 0 bridgehead atoms. The van der Waals surface area contributed by atoms with Gasteiger partial charge in [0.05, 0.1) is 33.6 Å². The third-order valence-electron chi connectivity index (χ3n) is 4.25. The van der Waals surface area contributed by atoms with Gasteiger partial charge in [0.15, 0.2) is 11.5 Å². The second-order valence-electron chi connectivity index (χ2n) is 5.91. The quantitative estimate of drug-likeness (QED) is 0.476. The minimum absolute atomic E-state index is 0.575. The third kappa shape index (κ3) is 4.31. The van der Waals surface area contributed by atoms with Crippen molar-refractivity contribution in [3.63, 3.8) is 0 Å². The van der Waals surface area contributed by atoms with E-state index < -0.39 is 0 Å². The molecule has 0 spiro atoms. The summed E-state index contributed by atoms with van der Waals surface area (Å²) in [5.41, 5.74) is 5.11. The van der Waals surface area contributed by atoms with E-state index in [0.717, 1.165) is 27.6 Å². The summed E-state index contributed by atoms with van der Waals surface area (Å²) in [6.07, 6.45) is 1.81. The molecule has 0 aliphatic heterocycles. The maximum atomic E-state index is 5.77. The van der Waals surface area contributed by atoms with E-state index in [1.165, 1.54) is 0 Å². The van der Waals surface area contributed by atoms with Crippen molar-refractivity contribution in [3.05, 3.63) is 65.7 Å². The smallest absolute Gasteiger partial charge is 0.161 e. The van der Waals surface area contributed by atoms with Crippen LogP contribution in [0.25, 0.3) is 10.8 Å². The van der Waals surface area contributed by atoms with Gasteiger partial charge in [-0.2, -0.15) is 5.10 Å². The lowest BCUT2D eigenvalue weighted by Crippen LogP contribution is -2.06. The molecule has 1 N–H and O–H groups in total. The van der Waals surface area contributed by atoms with Crippen molar-refractivity contribution in [2.75, 3.05) is 20.8 Å². The molecule has 0 aliphatic rings. The lowest BCUT2D eigenvalue weighted by Gasteiger charge is -2.11. The molecule has 3 rings (SSSR count). The lowest BCUT2D eigenvalue weighted by atomic mass is 10.0. The van der Waals surface area contributed by atoms with Crippen LogP contribution in [0.15, 0.2) is 59.7 Å². The molecule has 0 fully saturated rings. The number of hydrogen-bond acceptors (Lipinski definition) is 5. The first kappa shape index (κ1) is 18.6. The Morgan fingerprint density at radius 2 is 1.70 bits per heavy atom. The number of methoxy groups -OCH3 is 2. The van der Waals surface area contributed by atoms with Gasteiger partial charge in [-0.1, -0.05) is 36.4 Å². The standard InChI is InChI=1S/C22H24N2O3/c1-4-27-20-12-10-17-7-5-6-8-18(17)19(20)15-24-23-14-16-9-11-21(25-2)22(13-16)26-3/h5-13,15,23H,4,14H2,1-3H3/b24-15+. The maximum Gasteiger partial charge on any atom is 0.161 e. The monoisotopic (exact) mass is 364 g/mol. The first-order valence-electron chi connectivity index (χ1n) is 8.88. The van der Waals surface area contributed by atoms with Crippen molar-refractivity contribution in [2.24, 2.45) is 5.10 Å². The van der Waals surface area contributed by atoms with Gasteiger partial charge < -0.3 is 19.6 Å². The molecule has 0 heterocycles. The van der Waals surface area contributed by atoms with E-state index in [1.807, 2.05) is 49.5 Å². The minimum atomic E-state index is 0.575. The second-order valence-corrected chi connectivity index (χ2v) is 5.91. The summed E-state index contributed by atoms with van der Waals surface area (Å²) in [5.74, 6) is 2.24. The highest BCUT2D eigenvalue weighted by atomic mass is 16.5. The molecule has 0 aromatic heterocycles. The summed E-state index contributed by atoms with van der Waals surface area (Å²) in [6, 6.07) is 18.1. The van der Waals surface area contributed by atoms with E-state index >= 15 is 0 Å². The fourth-order valence-corrected chi connectivity index (χ4v) is 2.93. The van der Waals surface area contributed by atoms with E-state index in [-0.39, 0.29) is 0 Å². The normalized spacial score (nSPS) is 10.9. The Labute approximate surface area is 159 Å². The molecule has 0 atom stereocenters. The van der Waals surface area contributed by atoms with Crippen LogP contribution >= 0.6 is 0 Å². The summed E-state index contributed by atoms with van der Waals surface area (Å²) in [5, 5.41) is 6.67. The summed E-state index contributed by atoms with van der Waals surface area (Å²) in [4.78, 5) is 0. The van der Waals surface area contributed by atoms with Gasteiger partial charge in [0, 0.05) is 5.56 Å². The number of nitrogens with one attached hydrogen (secondary N) is 1. The zero-order valence-corrected chi connectivity index (χ0v) is 15.9. The average molecular weight is 364 g/mol. The van der Waals surface area contributed by atoms with Crippen molar-refractivity contribution in [2.45, 2.75) is 13.5 Å². The van der Waals surface area contributed by atoms with Gasteiger partial charge in [0.1, 0.15) is 5.75 Å². The van der Waals surface area contributed by atoms with Gasteiger partial charge in [-0.3, -0.25) is 0 Å². The summed E-state index contributed by atoms with van der Waals surface area (Å²) >= 11 is 0. The molecule has 0 radical (unpaired) electrons. The van der Waals surface area contributed by atoms with Gasteiger partial charge in [-0.15, -0.1) is 0 Å². The zero-order chi connectivity index (χ0) is 19.1. The van der Waals surface area contributed by atoms with Crippen molar-refractivity contribution in [1.82, 2.24) is 5.43 Å². The van der Waals surface area contributed by atoms with E-state index in [1.54, 1.807) is 14.2 Å². The average Bonchev–Trinajstić information content (AvgIpc) is 2.72. The number of ether oxygens (including phenoxy) is 3. The van der Waals surface area contributed by atoms with Crippen molar-refractivity contribution in [1.29, 1.82) is 0 Å². The van der Waals surface area contributed by atoms with Gasteiger partial charge in [0.2, 0.25) is 0 Å². The van der Waals surface area contributed by atoms with E-state index in [0.29, 0.717) is 24.7 Å². The van der Waals surface area contributed by atoms with Crippen LogP contribution in [0, 0.1) is 0 Å². The Hall–Kier alpha value is -3.21. The predicted molar refractivity (Wildman–Crippen MR) is 109 cm³/mol. The minimum Gasteiger partial charge on any atom is -0.493 e. The molecule has 5 nitrogen and oxygen atoms in total. The number of nitrogens with zero attached hydrogens (tertiary/aromatic N) is 1. The molecule has 0 saturated carbocycles. The number of hydrogen-bond donors (Lipinski definition) is 1. The Kier molecular flexibility index (Phi) is 6.15. The molecular formula is C22H24N2O3. The molecule has 0 amide bonds. The van der Waals surface area contributed by atoms with Gasteiger partial charge in [-0.05, 0) is 41.5 Å². The number of rotatable bonds is 8. The Morgan fingerprint density at radius 3 is 2.48 bits per heavy atom. The van der Waals surface area contributed by atoms with E-state index in [9.17, 15) is 0 Å².